The highest BCUT2D eigenvalue weighted by Gasteiger charge is 2.13. The lowest BCUT2D eigenvalue weighted by molar-refractivity contribution is -0.123. The summed E-state index contributed by atoms with van der Waals surface area (Å²) in [5, 5.41) is 0. The lowest BCUT2D eigenvalue weighted by Gasteiger charge is -2.09. The standard InChI is InChI=1S/C12H22O2/c1-4-10(5-2)12(14)9-7-8-11(13)6-3/h10H,4-9H2,1-3H3. The van der Waals surface area contributed by atoms with Crippen LogP contribution in [0.4, 0.5) is 0 Å². The minimum atomic E-state index is 0.215. The lowest BCUT2D eigenvalue weighted by atomic mass is 9.94. The molecule has 0 amide bonds. The molecule has 82 valence electrons. The molecule has 0 heterocycles. The largest absolute Gasteiger partial charge is 0.300 e. The molecule has 0 N–H and O–H groups in total. The van der Waals surface area contributed by atoms with Crippen molar-refractivity contribution in [2.24, 2.45) is 5.92 Å². The molecule has 0 aromatic heterocycles. The molecule has 0 bridgehead atoms. The first-order valence-corrected chi connectivity index (χ1v) is 5.70. The quantitative estimate of drug-likeness (QED) is 0.600. The molecule has 0 aromatic carbocycles. The van der Waals surface area contributed by atoms with Crippen molar-refractivity contribution < 1.29 is 9.59 Å². The molecule has 0 saturated heterocycles. The normalized spacial score (nSPS) is 10.6. The van der Waals surface area contributed by atoms with Gasteiger partial charge in [-0.25, -0.2) is 0 Å². The summed E-state index contributed by atoms with van der Waals surface area (Å²) in [5.41, 5.74) is 0. The highest BCUT2D eigenvalue weighted by atomic mass is 16.1. The molecule has 0 aliphatic carbocycles. The third-order valence-corrected chi connectivity index (χ3v) is 2.71. The molecule has 0 spiro atoms. The van der Waals surface area contributed by atoms with Crippen LogP contribution in [-0.2, 0) is 9.59 Å². The second-order valence-electron chi connectivity index (χ2n) is 3.73. The summed E-state index contributed by atoms with van der Waals surface area (Å²) in [5.74, 6) is 0.813. The van der Waals surface area contributed by atoms with Gasteiger partial charge in [-0.1, -0.05) is 20.8 Å². The number of hydrogen-bond donors (Lipinski definition) is 0. The van der Waals surface area contributed by atoms with E-state index >= 15 is 0 Å². The first-order valence-electron chi connectivity index (χ1n) is 5.70. The molecule has 0 unspecified atom stereocenters. The Kier molecular flexibility index (Phi) is 7.35. The zero-order valence-electron chi connectivity index (χ0n) is 9.64. The zero-order valence-corrected chi connectivity index (χ0v) is 9.64. The molecule has 0 aliphatic heterocycles. The molecule has 0 atom stereocenters. The number of hydrogen-bond acceptors (Lipinski definition) is 2. The topological polar surface area (TPSA) is 34.1 Å². The van der Waals surface area contributed by atoms with Gasteiger partial charge in [-0.15, -0.1) is 0 Å². The van der Waals surface area contributed by atoms with Crippen molar-refractivity contribution >= 4 is 11.6 Å². The molecule has 2 nitrogen and oxygen atoms in total. The van der Waals surface area contributed by atoms with Crippen molar-refractivity contribution in [3.05, 3.63) is 0 Å². The Morgan fingerprint density at radius 3 is 2.00 bits per heavy atom. The van der Waals surface area contributed by atoms with E-state index in [-0.39, 0.29) is 11.7 Å². The predicted octanol–water partition coefficient (Wildman–Crippen LogP) is 3.14. The molecular formula is C12H22O2. The smallest absolute Gasteiger partial charge is 0.135 e. The van der Waals surface area contributed by atoms with Gasteiger partial charge in [0.05, 0.1) is 0 Å². The Bertz CT molecular complexity index is 181. The van der Waals surface area contributed by atoms with Crippen molar-refractivity contribution in [2.75, 3.05) is 0 Å². The van der Waals surface area contributed by atoms with Gasteiger partial charge in [0.2, 0.25) is 0 Å². The van der Waals surface area contributed by atoms with E-state index in [1.807, 2.05) is 20.8 Å². The van der Waals surface area contributed by atoms with Gasteiger partial charge in [-0.2, -0.15) is 0 Å². The second kappa shape index (κ2) is 7.72. The molecule has 0 aromatic rings. The van der Waals surface area contributed by atoms with Crippen LogP contribution >= 0.6 is 0 Å². The van der Waals surface area contributed by atoms with E-state index < -0.39 is 0 Å². The van der Waals surface area contributed by atoms with Crippen molar-refractivity contribution in [3.8, 4) is 0 Å². The van der Waals surface area contributed by atoms with E-state index in [1.54, 1.807) is 0 Å². The van der Waals surface area contributed by atoms with Gasteiger partial charge in [0, 0.05) is 25.2 Å². The molecule has 2 heteroatoms. The Labute approximate surface area is 87.1 Å². The van der Waals surface area contributed by atoms with E-state index in [0.717, 1.165) is 19.3 Å². The highest BCUT2D eigenvalue weighted by Crippen LogP contribution is 2.13. The van der Waals surface area contributed by atoms with E-state index in [4.69, 9.17) is 0 Å². The van der Waals surface area contributed by atoms with E-state index in [9.17, 15) is 9.59 Å². The number of carbonyl (C=O) groups is 2. The van der Waals surface area contributed by atoms with Crippen LogP contribution in [0.3, 0.4) is 0 Å². The molecule has 0 aliphatic rings. The van der Waals surface area contributed by atoms with Crippen LogP contribution in [-0.4, -0.2) is 11.6 Å². The zero-order chi connectivity index (χ0) is 11.0. The number of Topliss-reactive ketones (excluding diaryl/α,β-unsaturated/α-hetero) is 2. The minimum absolute atomic E-state index is 0.215. The van der Waals surface area contributed by atoms with Gasteiger partial charge in [-0.3, -0.25) is 9.59 Å². The molecular weight excluding hydrogens is 176 g/mol. The van der Waals surface area contributed by atoms with Crippen LogP contribution in [0.15, 0.2) is 0 Å². The summed E-state index contributed by atoms with van der Waals surface area (Å²) < 4.78 is 0. The summed E-state index contributed by atoms with van der Waals surface area (Å²) >= 11 is 0. The van der Waals surface area contributed by atoms with Crippen LogP contribution in [0.5, 0.6) is 0 Å². The van der Waals surface area contributed by atoms with Gasteiger partial charge >= 0.3 is 0 Å². The fraction of sp³-hybridized carbons (Fsp3) is 0.833. The maximum Gasteiger partial charge on any atom is 0.135 e. The monoisotopic (exact) mass is 198 g/mol. The van der Waals surface area contributed by atoms with E-state index in [0.29, 0.717) is 25.0 Å². The maximum absolute atomic E-state index is 11.6. The van der Waals surface area contributed by atoms with Gasteiger partial charge < -0.3 is 0 Å². The lowest BCUT2D eigenvalue weighted by Crippen LogP contribution is -2.12. The molecule has 0 fully saturated rings. The molecule has 14 heavy (non-hydrogen) atoms. The van der Waals surface area contributed by atoms with Crippen LogP contribution < -0.4 is 0 Å². The average molecular weight is 198 g/mol. The van der Waals surface area contributed by atoms with Crippen LogP contribution in [0, 0.1) is 5.92 Å². The van der Waals surface area contributed by atoms with Crippen LogP contribution in [0.1, 0.15) is 59.3 Å². The summed E-state index contributed by atoms with van der Waals surface area (Å²) in [4.78, 5) is 22.6. The first kappa shape index (κ1) is 13.3. The molecule has 0 saturated carbocycles. The van der Waals surface area contributed by atoms with Gasteiger partial charge in [-0.05, 0) is 19.3 Å². The second-order valence-corrected chi connectivity index (χ2v) is 3.73. The number of carbonyl (C=O) groups excluding carboxylic acids is 2. The summed E-state index contributed by atoms with van der Waals surface area (Å²) in [6.45, 7) is 5.96. The Hall–Kier alpha value is -0.660. The van der Waals surface area contributed by atoms with Crippen molar-refractivity contribution in [1.82, 2.24) is 0 Å². The third kappa shape index (κ3) is 5.15. The maximum atomic E-state index is 11.6. The fourth-order valence-electron chi connectivity index (χ4n) is 1.58. The van der Waals surface area contributed by atoms with Crippen molar-refractivity contribution in [1.29, 1.82) is 0 Å². The van der Waals surface area contributed by atoms with Gasteiger partial charge in [0.1, 0.15) is 11.6 Å². The van der Waals surface area contributed by atoms with Crippen LogP contribution in [0.2, 0.25) is 0 Å². The van der Waals surface area contributed by atoms with Gasteiger partial charge in [0.15, 0.2) is 0 Å². The predicted molar refractivity (Wildman–Crippen MR) is 58.2 cm³/mol. The van der Waals surface area contributed by atoms with E-state index in [1.165, 1.54) is 0 Å². The first-order chi connectivity index (χ1) is 6.65. The number of ketones is 2. The van der Waals surface area contributed by atoms with Crippen molar-refractivity contribution in [3.63, 3.8) is 0 Å². The Balaban J connectivity index is 3.67. The Morgan fingerprint density at radius 2 is 1.57 bits per heavy atom. The summed E-state index contributed by atoms with van der Waals surface area (Å²) in [7, 11) is 0. The summed E-state index contributed by atoms with van der Waals surface area (Å²) in [6.07, 6.45) is 4.34. The SMILES string of the molecule is CCC(=O)CCCC(=O)C(CC)CC. The van der Waals surface area contributed by atoms with E-state index in [2.05, 4.69) is 0 Å². The third-order valence-electron chi connectivity index (χ3n) is 2.71. The minimum Gasteiger partial charge on any atom is -0.300 e. The van der Waals surface area contributed by atoms with Gasteiger partial charge in [0.25, 0.3) is 0 Å². The average Bonchev–Trinajstić information content (AvgIpc) is 2.19. The number of rotatable bonds is 8. The summed E-state index contributed by atoms with van der Waals surface area (Å²) in [6, 6.07) is 0. The fourth-order valence-corrected chi connectivity index (χ4v) is 1.58. The highest BCUT2D eigenvalue weighted by molar-refractivity contribution is 5.82. The molecule has 0 rings (SSSR count). The van der Waals surface area contributed by atoms with Crippen LogP contribution in [0.25, 0.3) is 0 Å². The van der Waals surface area contributed by atoms with Crippen molar-refractivity contribution in [2.45, 2.75) is 59.3 Å². The molecule has 0 radical (unpaired) electrons. The Morgan fingerprint density at radius 1 is 1.00 bits per heavy atom.